The molecule has 1 unspecified atom stereocenters. The van der Waals surface area contributed by atoms with Gasteiger partial charge in [-0.1, -0.05) is 18.2 Å². The van der Waals surface area contributed by atoms with Crippen LogP contribution >= 0.6 is 0 Å². The molecule has 5 heteroatoms. The minimum atomic E-state index is -0.425. The van der Waals surface area contributed by atoms with E-state index in [1.165, 1.54) is 0 Å². The first-order valence-electron chi connectivity index (χ1n) is 10.1. The fraction of sp³-hybridized carbons (Fsp3) is 0.435. The second kappa shape index (κ2) is 7.47. The van der Waals surface area contributed by atoms with Gasteiger partial charge in [0.25, 0.3) is 5.91 Å². The molecule has 148 valence electrons. The van der Waals surface area contributed by atoms with Gasteiger partial charge in [-0.05, 0) is 49.7 Å². The van der Waals surface area contributed by atoms with Crippen molar-refractivity contribution in [2.75, 3.05) is 44.3 Å². The van der Waals surface area contributed by atoms with Gasteiger partial charge in [0.05, 0.1) is 18.6 Å². The Morgan fingerprint density at radius 3 is 2.57 bits per heavy atom. The summed E-state index contributed by atoms with van der Waals surface area (Å²) >= 11 is 0. The van der Waals surface area contributed by atoms with Gasteiger partial charge in [0.15, 0.2) is 0 Å². The lowest BCUT2D eigenvalue weighted by molar-refractivity contribution is 0.0440. The van der Waals surface area contributed by atoms with Crippen LogP contribution in [0, 0.1) is 5.41 Å². The van der Waals surface area contributed by atoms with E-state index < -0.39 is 5.41 Å². The Balaban J connectivity index is 1.57. The van der Waals surface area contributed by atoms with Crippen LogP contribution in [0.3, 0.4) is 0 Å². The van der Waals surface area contributed by atoms with E-state index in [9.17, 15) is 9.90 Å². The number of likely N-dealkylation sites (tertiary alicyclic amines) is 1. The first-order valence-corrected chi connectivity index (χ1v) is 10.1. The number of amides is 1. The summed E-state index contributed by atoms with van der Waals surface area (Å²) in [5, 5.41) is 10.2. The van der Waals surface area contributed by atoms with Crippen LogP contribution < -0.4 is 9.64 Å². The van der Waals surface area contributed by atoms with Crippen molar-refractivity contribution in [3.8, 4) is 5.75 Å². The van der Waals surface area contributed by atoms with Gasteiger partial charge >= 0.3 is 0 Å². The standard InChI is InChI=1S/C23H28N2O3/c1-3-24(4-2)18-11-9-17(10-12-18)22(27)25-13-20-19-7-5-6-8-21(19)28-16-23(20,14-25)15-26/h5-12,20,26H,3-4,13-16H2,1-2H3/t20?,23-/m1/s1. The average Bonchev–Trinajstić information content (AvgIpc) is 3.15. The monoisotopic (exact) mass is 380 g/mol. The number of hydrogen-bond acceptors (Lipinski definition) is 4. The van der Waals surface area contributed by atoms with Crippen LogP contribution in [0.1, 0.15) is 35.7 Å². The number of para-hydroxylation sites is 1. The van der Waals surface area contributed by atoms with Gasteiger partial charge in [-0.25, -0.2) is 0 Å². The van der Waals surface area contributed by atoms with E-state index in [1.807, 2.05) is 47.4 Å². The smallest absolute Gasteiger partial charge is 0.253 e. The van der Waals surface area contributed by atoms with Crippen LogP contribution in [0.4, 0.5) is 5.69 Å². The van der Waals surface area contributed by atoms with Gasteiger partial charge < -0.3 is 19.6 Å². The number of rotatable bonds is 5. The van der Waals surface area contributed by atoms with Crippen molar-refractivity contribution in [3.05, 3.63) is 59.7 Å². The largest absolute Gasteiger partial charge is 0.493 e. The van der Waals surface area contributed by atoms with Gasteiger partial charge in [-0.15, -0.1) is 0 Å². The Morgan fingerprint density at radius 2 is 1.89 bits per heavy atom. The fourth-order valence-corrected chi connectivity index (χ4v) is 4.61. The maximum Gasteiger partial charge on any atom is 0.253 e. The second-order valence-corrected chi connectivity index (χ2v) is 7.80. The van der Waals surface area contributed by atoms with E-state index in [-0.39, 0.29) is 18.4 Å². The third-order valence-corrected chi connectivity index (χ3v) is 6.30. The number of aliphatic hydroxyl groups excluding tert-OH is 1. The zero-order chi connectivity index (χ0) is 19.7. The van der Waals surface area contributed by atoms with Gasteiger partial charge in [0, 0.05) is 43.3 Å². The van der Waals surface area contributed by atoms with E-state index >= 15 is 0 Å². The summed E-state index contributed by atoms with van der Waals surface area (Å²) in [6.45, 7) is 7.71. The maximum atomic E-state index is 13.2. The van der Waals surface area contributed by atoms with Crippen molar-refractivity contribution in [3.63, 3.8) is 0 Å². The molecule has 5 nitrogen and oxygen atoms in total. The van der Waals surface area contributed by atoms with Crippen molar-refractivity contribution in [1.82, 2.24) is 4.90 Å². The molecule has 0 bridgehead atoms. The highest BCUT2D eigenvalue weighted by atomic mass is 16.5. The lowest BCUT2D eigenvalue weighted by atomic mass is 9.74. The van der Waals surface area contributed by atoms with E-state index in [1.54, 1.807) is 0 Å². The summed E-state index contributed by atoms with van der Waals surface area (Å²) in [6, 6.07) is 15.8. The van der Waals surface area contributed by atoms with Gasteiger partial charge in [-0.3, -0.25) is 4.79 Å². The van der Waals surface area contributed by atoms with Crippen LogP contribution in [0.25, 0.3) is 0 Å². The van der Waals surface area contributed by atoms with Crippen LogP contribution in [-0.2, 0) is 0 Å². The number of benzene rings is 2. The quantitative estimate of drug-likeness (QED) is 0.866. The number of carbonyl (C=O) groups excluding carboxylic acids is 1. The molecule has 1 saturated heterocycles. The molecule has 2 aromatic carbocycles. The average molecular weight is 380 g/mol. The molecule has 2 aliphatic heterocycles. The van der Waals surface area contributed by atoms with Gasteiger partial charge in [0.1, 0.15) is 5.75 Å². The summed E-state index contributed by atoms with van der Waals surface area (Å²) in [7, 11) is 0. The molecular weight excluding hydrogens is 352 g/mol. The van der Waals surface area contributed by atoms with E-state index in [0.717, 1.165) is 30.1 Å². The molecule has 0 aromatic heterocycles. The van der Waals surface area contributed by atoms with E-state index in [2.05, 4.69) is 24.8 Å². The molecular formula is C23H28N2O3. The number of ether oxygens (including phenoxy) is 1. The lowest BCUT2D eigenvalue weighted by Crippen LogP contribution is -2.42. The Hall–Kier alpha value is -2.53. The van der Waals surface area contributed by atoms with Crippen LogP contribution in [0.15, 0.2) is 48.5 Å². The molecule has 2 aromatic rings. The zero-order valence-electron chi connectivity index (χ0n) is 16.6. The molecule has 2 aliphatic rings. The summed E-state index contributed by atoms with van der Waals surface area (Å²) in [5.41, 5.74) is 2.49. The third-order valence-electron chi connectivity index (χ3n) is 6.30. The fourth-order valence-electron chi connectivity index (χ4n) is 4.61. The summed E-state index contributed by atoms with van der Waals surface area (Å²) in [5.74, 6) is 0.988. The highest BCUT2D eigenvalue weighted by Gasteiger charge is 2.52. The summed E-state index contributed by atoms with van der Waals surface area (Å²) in [6.07, 6.45) is 0. The molecule has 2 heterocycles. The number of aliphatic hydroxyl groups is 1. The maximum absolute atomic E-state index is 13.2. The minimum Gasteiger partial charge on any atom is -0.493 e. The number of anilines is 1. The van der Waals surface area contributed by atoms with Crippen molar-refractivity contribution >= 4 is 11.6 Å². The molecule has 0 spiro atoms. The predicted octanol–water partition coefficient (Wildman–Crippen LogP) is 3.14. The first kappa shape index (κ1) is 18.8. The summed E-state index contributed by atoms with van der Waals surface area (Å²) in [4.78, 5) is 17.3. The van der Waals surface area contributed by atoms with Crippen molar-refractivity contribution in [2.24, 2.45) is 5.41 Å². The van der Waals surface area contributed by atoms with Crippen molar-refractivity contribution in [2.45, 2.75) is 19.8 Å². The molecule has 4 rings (SSSR count). The molecule has 1 amide bonds. The predicted molar refractivity (Wildman–Crippen MR) is 110 cm³/mol. The number of carbonyl (C=O) groups is 1. The second-order valence-electron chi connectivity index (χ2n) is 7.80. The van der Waals surface area contributed by atoms with E-state index in [4.69, 9.17) is 4.74 Å². The first-order chi connectivity index (χ1) is 13.6. The molecule has 0 aliphatic carbocycles. The normalized spacial score (nSPS) is 23.0. The zero-order valence-corrected chi connectivity index (χ0v) is 16.6. The Bertz CT molecular complexity index is 847. The number of hydrogen-bond donors (Lipinski definition) is 1. The molecule has 0 radical (unpaired) electrons. The molecule has 1 N–H and O–H groups in total. The van der Waals surface area contributed by atoms with Crippen LogP contribution in [0.2, 0.25) is 0 Å². The van der Waals surface area contributed by atoms with Gasteiger partial charge in [-0.2, -0.15) is 0 Å². The lowest BCUT2D eigenvalue weighted by Gasteiger charge is -2.37. The molecule has 28 heavy (non-hydrogen) atoms. The molecule has 2 atom stereocenters. The van der Waals surface area contributed by atoms with Gasteiger partial charge in [0.2, 0.25) is 0 Å². The Labute approximate surface area is 166 Å². The van der Waals surface area contributed by atoms with Crippen molar-refractivity contribution in [1.29, 1.82) is 0 Å². The van der Waals surface area contributed by atoms with E-state index in [0.29, 0.717) is 25.3 Å². The highest BCUT2D eigenvalue weighted by Crippen LogP contribution is 2.49. The third kappa shape index (κ3) is 3.04. The molecule has 1 fully saturated rings. The topological polar surface area (TPSA) is 53.0 Å². The number of nitrogens with zero attached hydrogens (tertiary/aromatic N) is 2. The van der Waals surface area contributed by atoms with Crippen molar-refractivity contribution < 1.29 is 14.6 Å². The number of fused-ring (bicyclic) bond motifs is 3. The molecule has 0 saturated carbocycles. The Morgan fingerprint density at radius 1 is 1.18 bits per heavy atom. The highest BCUT2D eigenvalue weighted by molar-refractivity contribution is 5.95. The summed E-state index contributed by atoms with van der Waals surface area (Å²) < 4.78 is 5.93. The SMILES string of the molecule is CCN(CC)c1ccc(C(=O)N2CC3c4ccccc4OC[C@]3(CO)C2)cc1. The van der Waals surface area contributed by atoms with Crippen LogP contribution in [0.5, 0.6) is 5.75 Å². The Kier molecular flexibility index (Phi) is 5.02. The minimum absolute atomic E-state index is 0.0106. The van der Waals surface area contributed by atoms with Crippen LogP contribution in [-0.4, -0.2) is 55.3 Å².